The van der Waals surface area contributed by atoms with Crippen LogP contribution >= 0.6 is 0 Å². The summed E-state index contributed by atoms with van der Waals surface area (Å²) in [5, 5.41) is 10.2. The highest BCUT2D eigenvalue weighted by Crippen LogP contribution is 2.12. The molecule has 7 nitrogen and oxygen atoms in total. The van der Waals surface area contributed by atoms with Gasteiger partial charge in [0.2, 0.25) is 0 Å². The molecule has 0 heterocycles. The first kappa shape index (κ1) is 22.9. The number of unbranched alkanes of at least 4 members (excludes halogenated alkanes) is 9. The molecule has 27 heavy (non-hydrogen) atoms. The van der Waals surface area contributed by atoms with E-state index >= 15 is 0 Å². The van der Waals surface area contributed by atoms with Crippen LogP contribution in [0.4, 0.5) is 4.79 Å². The Bertz CT molecular complexity index is 549. The van der Waals surface area contributed by atoms with Crippen LogP contribution in [0.1, 0.15) is 81.5 Å². The minimum absolute atomic E-state index is 0.0553. The zero-order chi connectivity index (χ0) is 19.9. The second-order valence-corrected chi connectivity index (χ2v) is 6.73. The number of urea groups is 1. The van der Waals surface area contributed by atoms with Crippen LogP contribution < -0.4 is 16.7 Å². The number of amides is 3. The minimum Gasteiger partial charge on any atom is -0.508 e. The topological polar surface area (TPSA) is 108 Å². The van der Waals surface area contributed by atoms with Gasteiger partial charge in [-0.25, -0.2) is 16.1 Å². The lowest BCUT2D eigenvalue weighted by Gasteiger charge is -2.21. The fourth-order valence-corrected chi connectivity index (χ4v) is 2.84. The number of nitrogens with zero attached hydrogens (tertiary/aromatic N) is 1. The quantitative estimate of drug-likeness (QED) is 0.180. The summed E-state index contributed by atoms with van der Waals surface area (Å²) in [5.74, 6) is 4.70. The lowest BCUT2D eigenvalue weighted by Crippen LogP contribution is -2.53. The van der Waals surface area contributed by atoms with Crippen molar-refractivity contribution in [2.45, 2.75) is 71.1 Å². The number of carbonyl (C=O) groups is 2. The van der Waals surface area contributed by atoms with Crippen LogP contribution in [-0.4, -0.2) is 28.6 Å². The minimum atomic E-state index is -0.722. The highest BCUT2D eigenvalue weighted by atomic mass is 16.3. The molecule has 0 radical (unpaired) electrons. The average molecular weight is 379 g/mol. The summed E-state index contributed by atoms with van der Waals surface area (Å²) in [4.78, 5) is 24.3. The molecule has 3 amide bonds. The smallest absolute Gasteiger partial charge is 0.353 e. The van der Waals surface area contributed by atoms with Crippen LogP contribution in [0.3, 0.4) is 0 Å². The predicted molar refractivity (Wildman–Crippen MR) is 107 cm³/mol. The maximum absolute atomic E-state index is 12.4. The first-order chi connectivity index (χ1) is 13.1. The summed E-state index contributed by atoms with van der Waals surface area (Å²) in [6.07, 6.45) is 12.2. The van der Waals surface area contributed by atoms with Gasteiger partial charge in [-0.1, -0.05) is 64.7 Å². The summed E-state index contributed by atoms with van der Waals surface area (Å²) >= 11 is 0. The molecule has 0 spiro atoms. The van der Waals surface area contributed by atoms with Gasteiger partial charge in [-0.05, 0) is 30.7 Å². The largest absolute Gasteiger partial charge is 0.508 e. The van der Waals surface area contributed by atoms with Crippen molar-refractivity contribution in [3.05, 3.63) is 29.8 Å². The molecule has 152 valence electrons. The van der Waals surface area contributed by atoms with Crippen molar-refractivity contribution in [3.63, 3.8) is 0 Å². The Morgan fingerprint density at radius 3 is 1.96 bits per heavy atom. The Labute approximate surface area is 162 Å². The molecule has 0 bridgehead atoms. The van der Waals surface area contributed by atoms with Crippen molar-refractivity contribution < 1.29 is 14.7 Å². The van der Waals surface area contributed by atoms with Crippen molar-refractivity contribution in [1.82, 2.24) is 15.9 Å². The summed E-state index contributed by atoms with van der Waals surface area (Å²) in [5.41, 5.74) is 5.09. The number of phenols is 1. The summed E-state index contributed by atoms with van der Waals surface area (Å²) in [6.45, 7) is 2.73. The number of aromatic hydroxyl groups is 1. The Kier molecular flexibility index (Phi) is 11.9. The van der Waals surface area contributed by atoms with E-state index in [0.29, 0.717) is 6.54 Å². The van der Waals surface area contributed by atoms with Crippen LogP contribution in [0.5, 0.6) is 5.75 Å². The third-order valence-corrected chi connectivity index (χ3v) is 4.44. The van der Waals surface area contributed by atoms with Crippen molar-refractivity contribution in [2.24, 2.45) is 5.84 Å². The second kappa shape index (κ2) is 14.0. The average Bonchev–Trinajstić information content (AvgIpc) is 2.68. The number of hydrogen-bond acceptors (Lipinski definition) is 5. The molecule has 0 aromatic heterocycles. The summed E-state index contributed by atoms with van der Waals surface area (Å²) in [6, 6.07) is 4.98. The summed E-state index contributed by atoms with van der Waals surface area (Å²) < 4.78 is 0. The van der Waals surface area contributed by atoms with E-state index in [1.165, 1.54) is 69.2 Å². The lowest BCUT2D eigenvalue weighted by atomic mass is 10.1. The normalized spacial score (nSPS) is 10.6. The third kappa shape index (κ3) is 9.40. The molecular formula is C20H34N4O3. The molecule has 0 saturated heterocycles. The van der Waals surface area contributed by atoms with Crippen molar-refractivity contribution in [1.29, 1.82) is 0 Å². The molecule has 0 aliphatic heterocycles. The van der Waals surface area contributed by atoms with Gasteiger partial charge in [0.25, 0.3) is 5.91 Å². The first-order valence-electron chi connectivity index (χ1n) is 9.97. The Hall–Kier alpha value is -2.12. The number of nitrogens with one attached hydrogen (secondary N) is 2. The van der Waals surface area contributed by atoms with E-state index in [2.05, 4.69) is 12.3 Å². The summed E-state index contributed by atoms with van der Waals surface area (Å²) in [7, 11) is 0. The maximum atomic E-state index is 12.4. The maximum Gasteiger partial charge on any atom is 0.353 e. The molecule has 0 saturated carbocycles. The highest BCUT2D eigenvalue weighted by molar-refractivity contribution is 6.03. The number of imide groups is 1. The Morgan fingerprint density at radius 1 is 0.926 bits per heavy atom. The monoisotopic (exact) mass is 378 g/mol. The van der Waals surface area contributed by atoms with Gasteiger partial charge in [0.15, 0.2) is 0 Å². The standard InChI is InChI=1S/C20H34N4O3/c1-2-3-4-5-6-7-8-9-10-11-16-22-24(20(27)23-21)19(26)17-12-14-18(25)15-13-17/h12-15,22,25H,2-11,16,21H2,1H3,(H,23,27). The zero-order valence-corrected chi connectivity index (χ0v) is 16.4. The number of hydrogen-bond donors (Lipinski definition) is 4. The van der Waals surface area contributed by atoms with Gasteiger partial charge in [-0.15, -0.1) is 0 Å². The number of nitrogens with two attached hydrogens (primary N) is 1. The number of rotatable bonds is 13. The first-order valence-corrected chi connectivity index (χ1v) is 9.97. The van der Waals surface area contributed by atoms with Crippen LogP contribution in [0.25, 0.3) is 0 Å². The molecule has 5 N–H and O–H groups in total. The second-order valence-electron chi connectivity index (χ2n) is 6.73. The highest BCUT2D eigenvalue weighted by Gasteiger charge is 2.21. The van der Waals surface area contributed by atoms with Crippen LogP contribution in [0.2, 0.25) is 0 Å². The molecule has 7 heteroatoms. The van der Waals surface area contributed by atoms with E-state index < -0.39 is 11.9 Å². The molecule has 1 rings (SSSR count). The van der Waals surface area contributed by atoms with Crippen LogP contribution in [0, 0.1) is 0 Å². The zero-order valence-electron chi connectivity index (χ0n) is 16.4. The molecular weight excluding hydrogens is 344 g/mol. The van der Waals surface area contributed by atoms with Crippen molar-refractivity contribution in [2.75, 3.05) is 6.54 Å². The van der Waals surface area contributed by atoms with E-state index in [-0.39, 0.29) is 11.3 Å². The van der Waals surface area contributed by atoms with Gasteiger partial charge in [0.1, 0.15) is 5.75 Å². The van der Waals surface area contributed by atoms with E-state index in [1.54, 1.807) is 0 Å². The van der Waals surface area contributed by atoms with E-state index in [0.717, 1.165) is 24.3 Å². The lowest BCUT2D eigenvalue weighted by molar-refractivity contribution is 0.0725. The molecule has 1 aromatic carbocycles. The Balaban J connectivity index is 2.26. The third-order valence-electron chi connectivity index (χ3n) is 4.44. The van der Waals surface area contributed by atoms with Crippen molar-refractivity contribution >= 4 is 11.9 Å². The van der Waals surface area contributed by atoms with Gasteiger partial charge in [-0.3, -0.25) is 10.2 Å². The fourth-order valence-electron chi connectivity index (χ4n) is 2.84. The van der Waals surface area contributed by atoms with Gasteiger partial charge >= 0.3 is 6.03 Å². The molecule has 0 aliphatic rings. The van der Waals surface area contributed by atoms with Gasteiger partial charge in [0.05, 0.1) is 0 Å². The van der Waals surface area contributed by atoms with Gasteiger partial charge in [0, 0.05) is 12.1 Å². The van der Waals surface area contributed by atoms with Gasteiger partial charge in [-0.2, -0.15) is 5.01 Å². The number of phenolic OH excluding ortho intramolecular Hbond substituents is 1. The van der Waals surface area contributed by atoms with Crippen LogP contribution in [0.15, 0.2) is 24.3 Å². The SMILES string of the molecule is CCCCCCCCCCCCNN(C(=O)NN)C(=O)c1ccc(O)cc1. The van der Waals surface area contributed by atoms with E-state index in [4.69, 9.17) is 5.84 Å². The number of benzene rings is 1. The van der Waals surface area contributed by atoms with E-state index in [9.17, 15) is 14.7 Å². The van der Waals surface area contributed by atoms with Crippen LogP contribution in [-0.2, 0) is 0 Å². The fraction of sp³-hybridized carbons (Fsp3) is 0.600. The molecule has 1 aromatic rings. The van der Waals surface area contributed by atoms with Crippen molar-refractivity contribution in [3.8, 4) is 5.75 Å². The number of hydrazine groups is 2. The Morgan fingerprint density at radius 2 is 1.44 bits per heavy atom. The molecule has 0 atom stereocenters. The molecule has 0 aliphatic carbocycles. The predicted octanol–water partition coefficient (Wildman–Crippen LogP) is 3.84. The molecule has 0 fully saturated rings. The number of carbonyl (C=O) groups excluding carboxylic acids is 2. The van der Waals surface area contributed by atoms with E-state index in [1.807, 2.05) is 5.43 Å². The molecule has 0 unspecified atom stereocenters. The van der Waals surface area contributed by atoms with Gasteiger partial charge < -0.3 is 5.11 Å².